The van der Waals surface area contributed by atoms with Crippen LogP contribution >= 0.6 is 0 Å². The van der Waals surface area contributed by atoms with E-state index in [9.17, 15) is 9.59 Å². The van der Waals surface area contributed by atoms with Gasteiger partial charge >= 0.3 is 0 Å². The number of nitrogens with one attached hydrogen (secondary N) is 1. The number of nitrogens with zero attached hydrogens (tertiary/aromatic N) is 1. The maximum Gasteiger partial charge on any atom is 0.243 e. The highest BCUT2D eigenvalue weighted by molar-refractivity contribution is 5.95. The van der Waals surface area contributed by atoms with Gasteiger partial charge in [0, 0.05) is 6.54 Å². The lowest BCUT2D eigenvalue weighted by Gasteiger charge is -2.37. The molecule has 3 unspecified atom stereocenters. The molecule has 3 atom stereocenters. The van der Waals surface area contributed by atoms with Crippen molar-refractivity contribution in [2.24, 2.45) is 17.8 Å². The number of rotatable bonds is 3. The quantitative estimate of drug-likeness (QED) is 0.764. The van der Waals surface area contributed by atoms with Crippen molar-refractivity contribution >= 4 is 11.8 Å². The summed E-state index contributed by atoms with van der Waals surface area (Å²) in [7, 11) is 0. The van der Waals surface area contributed by atoms with Gasteiger partial charge in [0.2, 0.25) is 11.8 Å². The molecule has 2 rings (SSSR count). The van der Waals surface area contributed by atoms with Gasteiger partial charge < -0.3 is 10.2 Å². The molecule has 2 fully saturated rings. The first kappa shape index (κ1) is 11.4. The summed E-state index contributed by atoms with van der Waals surface area (Å²) in [6.07, 6.45) is 1.19. The number of carbonyl (C=O) groups excluding carboxylic acids is 2. The molecule has 4 heteroatoms. The molecule has 0 bridgehead atoms. The van der Waals surface area contributed by atoms with Crippen LogP contribution in [0.4, 0.5) is 0 Å². The molecule has 0 radical (unpaired) electrons. The lowest BCUT2D eigenvalue weighted by atomic mass is 9.99. The van der Waals surface area contributed by atoms with E-state index in [0.717, 1.165) is 6.54 Å². The molecule has 1 aliphatic carbocycles. The lowest BCUT2D eigenvalue weighted by Crippen LogP contribution is -2.60. The minimum Gasteiger partial charge on any atom is -0.345 e. The Morgan fingerprint density at radius 2 is 2.06 bits per heavy atom. The maximum absolute atomic E-state index is 11.8. The van der Waals surface area contributed by atoms with E-state index in [4.69, 9.17) is 0 Å². The van der Waals surface area contributed by atoms with Crippen molar-refractivity contribution in [3.8, 4) is 0 Å². The fourth-order valence-electron chi connectivity index (χ4n) is 2.45. The fraction of sp³-hybridized carbons (Fsp3) is 0.833. The molecular weight excluding hydrogens is 204 g/mol. The monoisotopic (exact) mass is 224 g/mol. The van der Waals surface area contributed by atoms with Crippen molar-refractivity contribution in [3.05, 3.63) is 0 Å². The Labute approximate surface area is 96.4 Å². The van der Waals surface area contributed by atoms with Gasteiger partial charge in [0.1, 0.15) is 6.04 Å². The lowest BCUT2D eigenvalue weighted by molar-refractivity contribution is -0.147. The smallest absolute Gasteiger partial charge is 0.243 e. The highest BCUT2D eigenvalue weighted by atomic mass is 16.2. The minimum absolute atomic E-state index is 0.00269. The van der Waals surface area contributed by atoms with Crippen LogP contribution in [0.3, 0.4) is 0 Å². The van der Waals surface area contributed by atoms with E-state index in [-0.39, 0.29) is 30.3 Å². The number of piperazine rings is 1. The molecule has 0 aromatic rings. The van der Waals surface area contributed by atoms with Crippen LogP contribution in [-0.2, 0) is 9.59 Å². The third-order valence-electron chi connectivity index (χ3n) is 3.68. The second-order valence-corrected chi connectivity index (χ2v) is 5.43. The summed E-state index contributed by atoms with van der Waals surface area (Å²) in [5.41, 5.74) is 0. The third kappa shape index (κ3) is 2.06. The molecule has 1 saturated carbocycles. The Kier molecular flexibility index (Phi) is 2.91. The molecule has 0 aromatic heterocycles. The SMILES string of the molecule is CC(C)C1C(=O)NCC(=O)N1CC1CC1C. The molecule has 2 aliphatic rings. The van der Waals surface area contributed by atoms with Crippen LogP contribution in [0.25, 0.3) is 0 Å². The first-order valence-electron chi connectivity index (χ1n) is 6.08. The van der Waals surface area contributed by atoms with Crippen molar-refractivity contribution in [2.45, 2.75) is 33.2 Å². The van der Waals surface area contributed by atoms with Crippen molar-refractivity contribution in [1.82, 2.24) is 10.2 Å². The molecule has 16 heavy (non-hydrogen) atoms. The molecule has 0 spiro atoms. The average Bonchev–Trinajstić information content (AvgIpc) is 2.88. The Hall–Kier alpha value is -1.06. The molecule has 90 valence electrons. The Morgan fingerprint density at radius 3 is 2.56 bits per heavy atom. The summed E-state index contributed by atoms with van der Waals surface area (Å²) < 4.78 is 0. The van der Waals surface area contributed by atoms with E-state index < -0.39 is 0 Å². The zero-order chi connectivity index (χ0) is 11.9. The second-order valence-electron chi connectivity index (χ2n) is 5.43. The van der Waals surface area contributed by atoms with E-state index in [1.807, 2.05) is 13.8 Å². The van der Waals surface area contributed by atoms with Gasteiger partial charge in [-0.05, 0) is 24.2 Å². The van der Waals surface area contributed by atoms with E-state index in [0.29, 0.717) is 11.8 Å². The zero-order valence-corrected chi connectivity index (χ0v) is 10.2. The number of hydrogen-bond donors (Lipinski definition) is 1. The van der Waals surface area contributed by atoms with E-state index >= 15 is 0 Å². The minimum atomic E-state index is -0.269. The summed E-state index contributed by atoms with van der Waals surface area (Å²) in [5, 5.41) is 2.67. The molecule has 2 amide bonds. The van der Waals surface area contributed by atoms with Crippen LogP contribution in [0.2, 0.25) is 0 Å². The van der Waals surface area contributed by atoms with Gasteiger partial charge in [0.15, 0.2) is 0 Å². The number of hydrogen-bond acceptors (Lipinski definition) is 2. The standard InChI is InChI=1S/C12H20N2O2/c1-7(2)11-12(16)13-5-10(15)14(11)6-9-4-8(9)3/h7-9,11H,4-6H2,1-3H3,(H,13,16). The van der Waals surface area contributed by atoms with Crippen molar-refractivity contribution in [2.75, 3.05) is 13.1 Å². The van der Waals surface area contributed by atoms with E-state index in [1.54, 1.807) is 4.90 Å². The Balaban J connectivity index is 2.08. The largest absolute Gasteiger partial charge is 0.345 e. The molecule has 4 nitrogen and oxygen atoms in total. The number of carbonyl (C=O) groups is 2. The summed E-state index contributed by atoms with van der Waals surface area (Å²) in [6, 6.07) is -0.269. The van der Waals surface area contributed by atoms with Gasteiger partial charge in [-0.25, -0.2) is 0 Å². The highest BCUT2D eigenvalue weighted by Gasteiger charge is 2.42. The number of amides is 2. The molecule has 1 N–H and O–H groups in total. The van der Waals surface area contributed by atoms with Gasteiger partial charge in [-0.15, -0.1) is 0 Å². The zero-order valence-electron chi connectivity index (χ0n) is 10.2. The molecule has 1 saturated heterocycles. The predicted molar refractivity (Wildman–Crippen MR) is 60.6 cm³/mol. The van der Waals surface area contributed by atoms with Crippen LogP contribution in [0.1, 0.15) is 27.2 Å². The van der Waals surface area contributed by atoms with Gasteiger partial charge in [-0.3, -0.25) is 9.59 Å². The molecule has 1 heterocycles. The summed E-state index contributed by atoms with van der Waals surface area (Å²) >= 11 is 0. The molecule has 0 aromatic carbocycles. The van der Waals surface area contributed by atoms with Crippen molar-refractivity contribution in [1.29, 1.82) is 0 Å². The van der Waals surface area contributed by atoms with Gasteiger partial charge in [0.25, 0.3) is 0 Å². The first-order valence-corrected chi connectivity index (χ1v) is 6.08. The first-order chi connectivity index (χ1) is 7.50. The molecule has 1 aliphatic heterocycles. The third-order valence-corrected chi connectivity index (χ3v) is 3.68. The normalized spacial score (nSPS) is 34.2. The summed E-state index contributed by atoms with van der Waals surface area (Å²) in [4.78, 5) is 25.4. The topological polar surface area (TPSA) is 49.4 Å². The Morgan fingerprint density at radius 1 is 1.44 bits per heavy atom. The van der Waals surface area contributed by atoms with Gasteiger partial charge in [0.05, 0.1) is 6.54 Å². The van der Waals surface area contributed by atoms with Crippen LogP contribution < -0.4 is 5.32 Å². The van der Waals surface area contributed by atoms with E-state index in [1.165, 1.54) is 6.42 Å². The van der Waals surface area contributed by atoms with Crippen molar-refractivity contribution in [3.63, 3.8) is 0 Å². The van der Waals surface area contributed by atoms with Gasteiger partial charge in [-0.2, -0.15) is 0 Å². The van der Waals surface area contributed by atoms with Crippen LogP contribution in [0.15, 0.2) is 0 Å². The fourth-order valence-corrected chi connectivity index (χ4v) is 2.45. The molecular formula is C12H20N2O2. The van der Waals surface area contributed by atoms with Crippen molar-refractivity contribution < 1.29 is 9.59 Å². The van der Waals surface area contributed by atoms with E-state index in [2.05, 4.69) is 12.2 Å². The second kappa shape index (κ2) is 4.07. The predicted octanol–water partition coefficient (Wildman–Crippen LogP) is 0.625. The van der Waals surface area contributed by atoms with Crippen LogP contribution in [-0.4, -0.2) is 35.8 Å². The highest BCUT2D eigenvalue weighted by Crippen LogP contribution is 2.39. The summed E-state index contributed by atoms with van der Waals surface area (Å²) in [5.74, 6) is 1.57. The average molecular weight is 224 g/mol. The maximum atomic E-state index is 11.8. The van der Waals surface area contributed by atoms with Crippen LogP contribution in [0.5, 0.6) is 0 Å². The summed E-state index contributed by atoms with van der Waals surface area (Å²) in [6.45, 7) is 7.11. The van der Waals surface area contributed by atoms with Crippen LogP contribution in [0, 0.1) is 17.8 Å². The van der Waals surface area contributed by atoms with Gasteiger partial charge in [-0.1, -0.05) is 20.8 Å². The Bertz CT molecular complexity index is 314.